The summed E-state index contributed by atoms with van der Waals surface area (Å²) < 4.78 is 11.3. The van der Waals surface area contributed by atoms with E-state index in [0.717, 1.165) is 38.5 Å². The topological polar surface area (TPSA) is 39.4 Å². The fourth-order valence-corrected chi connectivity index (χ4v) is 3.63. The minimum Gasteiger partial charge on any atom is -0.497 e. The van der Waals surface area contributed by atoms with Crippen LogP contribution in [0, 0.1) is 0 Å². The first-order valence-corrected chi connectivity index (χ1v) is 8.78. The zero-order valence-corrected chi connectivity index (χ0v) is 14.7. The Bertz CT molecular complexity index is 1310. The van der Waals surface area contributed by atoms with E-state index in [4.69, 9.17) is 9.15 Å². The first kappa shape index (κ1) is 15.6. The van der Waals surface area contributed by atoms with Crippen LogP contribution in [0.2, 0.25) is 0 Å². The smallest absolute Gasteiger partial charge is 0.193 e. The summed E-state index contributed by atoms with van der Waals surface area (Å²) in [7, 11) is 1.61. The number of carbonyl (C=O) groups is 1. The molecule has 0 aliphatic carbocycles. The van der Waals surface area contributed by atoms with Gasteiger partial charge in [-0.1, -0.05) is 42.5 Å². The van der Waals surface area contributed by atoms with Crippen LogP contribution < -0.4 is 4.74 Å². The van der Waals surface area contributed by atoms with E-state index in [1.807, 2.05) is 54.6 Å². The van der Waals surface area contributed by atoms with Gasteiger partial charge in [0.2, 0.25) is 0 Å². The highest BCUT2D eigenvalue weighted by Gasteiger charge is 2.18. The Labute approximate surface area is 155 Å². The van der Waals surface area contributed by atoms with Gasteiger partial charge in [0.25, 0.3) is 0 Å². The van der Waals surface area contributed by atoms with E-state index in [0.29, 0.717) is 11.1 Å². The summed E-state index contributed by atoms with van der Waals surface area (Å²) in [4.78, 5) is 13.3. The summed E-state index contributed by atoms with van der Waals surface area (Å²) >= 11 is 0. The van der Waals surface area contributed by atoms with Gasteiger partial charge in [-0.15, -0.1) is 0 Å². The second-order valence-electron chi connectivity index (χ2n) is 6.50. The summed E-state index contributed by atoms with van der Waals surface area (Å²) in [5, 5.41) is 3.82. The van der Waals surface area contributed by atoms with Crippen LogP contribution in [0.25, 0.3) is 32.7 Å². The number of hydrogen-bond donors (Lipinski definition) is 0. The molecule has 3 nitrogen and oxygen atoms in total. The van der Waals surface area contributed by atoms with Crippen LogP contribution in [0.1, 0.15) is 15.9 Å². The quantitative estimate of drug-likeness (QED) is 0.375. The molecule has 0 saturated carbocycles. The highest BCUT2D eigenvalue weighted by atomic mass is 16.5. The van der Waals surface area contributed by atoms with Gasteiger partial charge in [0.05, 0.1) is 7.11 Å². The summed E-state index contributed by atoms with van der Waals surface area (Å²) in [5.74, 6) is 0.716. The molecule has 0 radical (unpaired) electrons. The van der Waals surface area contributed by atoms with Gasteiger partial charge in [0.15, 0.2) is 5.78 Å². The molecule has 0 amide bonds. The summed E-state index contributed by atoms with van der Waals surface area (Å²) in [6, 6.07) is 25.0. The van der Waals surface area contributed by atoms with Crippen LogP contribution in [0.15, 0.2) is 83.3 Å². The van der Waals surface area contributed by atoms with Gasteiger partial charge in [-0.25, -0.2) is 0 Å². The molecule has 5 aromatic rings. The molecule has 1 heterocycles. The highest BCUT2D eigenvalue weighted by Crippen LogP contribution is 2.36. The van der Waals surface area contributed by atoms with E-state index in [9.17, 15) is 4.79 Å². The predicted molar refractivity (Wildman–Crippen MR) is 108 cm³/mol. The normalized spacial score (nSPS) is 11.3. The minimum absolute atomic E-state index is 0.0129. The van der Waals surface area contributed by atoms with E-state index in [1.165, 1.54) is 0 Å². The number of fused-ring (bicyclic) bond motifs is 5. The van der Waals surface area contributed by atoms with E-state index in [-0.39, 0.29) is 5.78 Å². The van der Waals surface area contributed by atoms with Crippen molar-refractivity contribution in [2.24, 2.45) is 0 Å². The van der Waals surface area contributed by atoms with Crippen molar-refractivity contribution in [3.8, 4) is 5.75 Å². The average Bonchev–Trinajstić information content (AvgIpc) is 3.12. The lowest BCUT2D eigenvalue weighted by molar-refractivity contribution is 0.104. The van der Waals surface area contributed by atoms with Crippen molar-refractivity contribution in [2.75, 3.05) is 7.11 Å². The number of methoxy groups -OCH3 is 1. The number of benzene rings is 4. The van der Waals surface area contributed by atoms with Crippen molar-refractivity contribution in [3.63, 3.8) is 0 Å². The molecule has 0 spiro atoms. The predicted octanol–water partition coefficient (Wildman–Crippen LogP) is 5.98. The van der Waals surface area contributed by atoms with Crippen molar-refractivity contribution < 1.29 is 13.9 Å². The number of ketones is 1. The van der Waals surface area contributed by atoms with E-state index >= 15 is 0 Å². The Morgan fingerprint density at radius 2 is 1.44 bits per heavy atom. The number of para-hydroxylation sites is 1. The molecule has 0 aliphatic heterocycles. The number of furan rings is 1. The molecule has 4 aromatic carbocycles. The van der Waals surface area contributed by atoms with Gasteiger partial charge >= 0.3 is 0 Å². The number of rotatable bonds is 3. The fourth-order valence-electron chi connectivity index (χ4n) is 3.63. The molecular weight excluding hydrogens is 336 g/mol. The molecule has 0 aliphatic rings. The van der Waals surface area contributed by atoms with Gasteiger partial charge in [-0.3, -0.25) is 4.79 Å². The molecular formula is C24H16O3. The molecule has 0 saturated heterocycles. The van der Waals surface area contributed by atoms with E-state index in [2.05, 4.69) is 0 Å². The van der Waals surface area contributed by atoms with Crippen molar-refractivity contribution in [2.45, 2.75) is 0 Å². The van der Waals surface area contributed by atoms with E-state index in [1.54, 1.807) is 31.4 Å². The molecule has 5 rings (SSSR count). The lowest BCUT2D eigenvalue weighted by atomic mass is 9.94. The second-order valence-corrected chi connectivity index (χ2v) is 6.50. The maximum absolute atomic E-state index is 13.3. The summed E-state index contributed by atoms with van der Waals surface area (Å²) in [6.07, 6.45) is 0. The summed E-state index contributed by atoms with van der Waals surface area (Å²) in [6.45, 7) is 0. The lowest BCUT2D eigenvalue weighted by Crippen LogP contribution is -2.02. The molecule has 130 valence electrons. The number of hydrogen-bond acceptors (Lipinski definition) is 3. The molecule has 0 N–H and O–H groups in total. The molecule has 0 unspecified atom stereocenters. The highest BCUT2D eigenvalue weighted by molar-refractivity contribution is 6.24. The van der Waals surface area contributed by atoms with Crippen LogP contribution in [0.5, 0.6) is 5.75 Å². The van der Waals surface area contributed by atoms with Crippen LogP contribution >= 0.6 is 0 Å². The lowest BCUT2D eigenvalue weighted by Gasteiger charge is -2.08. The van der Waals surface area contributed by atoms with Crippen LogP contribution in [-0.2, 0) is 0 Å². The minimum atomic E-state index is -0.0129. The zero-order valence-electron chi connectivity index (χ0n) is 14.7. The Morgan fingerprint density at radius 1 is 0.778 bits per heavy atom. The van der Waals surface area contributed by atoms with Crippen LogP contribution in [-0.4, -0.2) is 12.9 Å². The SMILES string of the molecule is COc1ccc(C(=O)c2cc3c4ccccc4oc3c3ccccc23)cc1. The summed E-state index contributed by atoms with van der Waals surface area (Å²) in [5.41, 5.74) is 2.95. The monoisotopic (exact) mass is 352 g/mol. The van der Waals surface area contributed by atoms with Gasteiger partial charge < -0.3 is 9.15 Å². The van der Waals surface area contributed by atoms with Crippen molar-refractivity contribution in [1.29, 1.82) is 0 Å². The maximum atomic E-state index is 13.3. The Kier molecular flexibility index (Phi) is 3.47. The average molecular weight is 352 g/mol. The van der Waals surface area contributed by atoms with Crippen molar-refractivity contribution in [1.82, 2.24) is 0 Å². The largest absolute Gasteiger partial charge is 0.497 e. The molecule has 0 fully saturated rings. The number of carbonyl (C=O) groups excluding carboxylic acids is 1. The molecule has 0 atom stereocenters. The van der Waals surface area contributed by atoms with Crippen LogP contribution in [0.4, 0.5) is 0 Å². The second kappa shape index (κ2) is 5.99. The van der Waals surface area contributed by atoms with Crippen molar-refractivity contribution in [3.05, 3.63) is 90.0 Å². The van der Waals surface area contributed by atoms with Gasteiger partial charge in [0.1, 0.15) is 16.9 Å². The third-order valence-corrected chi connectivity index (χ3v) is 4.98. The molecule has 3 heteroatoms. The maximum Gasteiger partial charge on any atom is 0.193 e. The van der Waals surface area contributed by atoms with Gasteiger partial charge in [0, 0.05) is 27.3 Å². The fraction of sp³-hybridized carbons (Fsp3) is 0.0417. The molecule has 27 heavy (non-hydrogen) atoms. The Hall–Kier alpha value is -3.59. The number of ether oxygens (including phenoxy) is 1. The Balaban J connectivity index is 1.81. The standard InChI is InChI=1S/C24H16O3/c1-26-16-12-10-15(11-13-16)23(25)20-14-21-18-7-4-5-9-22(18)27-24(21)19-8-3-2-6-17(19)20/h2-14H,1H3. The first-order chi connectivity index (χ1) is 13.3. The molecule has 0 bridgehead atoms. The first-order valence-electron chi connectivity index (χ1n) is 8.78. The third kappa shape index (κ3) is 2.40. The van der Waals surface area contributed by atoms with Crippen molar-refractivity contribution >= 4 is 38.5 Å². The molecule has 1 aromatic heterocycles. The zero-order chi connectivity index (χ0) is 18.4. The third-order valence-electron chi connectivity index (χ3n) is 4.98. The van der Waals surface area contributed by atoms with Crippen LogP contribution in [0.3, 0.4) is 0 Å². The van der Waals surface area contributed by atoms with E-state index < -0.39 is 0 Å². The van der Waals surface area contributed by atoms with Gasteiger partial charge in [-0.05, 0) is 41.8 Å². The van der Waals surface area contributed by atoms with Gasteiger partial charge in [-0.2, -0.15) is 0 Å². The Morgan fingerprint density at radius 3 is 2.19 bits per heavy atom.